The van der Waals surface area contributed by atoms with E-state index in [1.165, 1.54) is 51.4 Å². The molecular weight excluding hydrogens is 272 g/mol. The molecule has 1 aliphatic heterocycles. The quantitative estimate of drug-likeness (QED) is 0.905. The minimum atomic E-state index is 0.614. The van der Waals surface area contributed by atoms with E-state index in [1.54, 1.807) is 6.20 Å². The molecule has 122 valence electrons. The molecule has 2 fully saturated rings. The Morgan fingerprint density at radius 1 is 1.18 bits per heavy atom. The molecule has 0 aromatic carbocycles. The first-order valence-corrected chi connectivity index (χ1v) is 9.14. The summed E-state index contributed by atoms with van der Waals surface area (Å²) in [6.45, 7) is 4.50. The number of rotatable bonds is 5. The van der Waals surface area contributed by atoms with Gasteiger partial charge in [0.05, 0.1) is 0 Å². The summed E-state index contributed by atoms with van der Waals surface area (Å²) in [6.07, 6.45) is 12.6. The third-order valence-corrected chi connectivity index (χ3v) is 5.32. The Labute approximate surface area is 134 Å². The fourth-order valence-corrected chi connectivity index (χ4v) is 4.14. The highest BCUT2D eigenvalue weighted by molar-refractivity contribution is 5.37. The van der Waals surface area contributed by atoms with E-state index in [-0.39, 0.29) is 0 Å². The number of hydrogen-bond acceptors (Lipinski definition) is 4. The van der Waals surface area contributed by atoms with Gasteiger partial charge in [-0.05, 0) is 56.6 Å². The van der Waals surface area contributed by atoms with Crippen LogP contribution < -0.4 is 10.2 Å². The Morgan fingerprint density at radius 2 is 2.05 bits per heavy atom. The maximum Gasteiger partial charge on any atom is 0.151 e. The lowest BCUT2D eigenvalue weighted by atomic mass is 9.83. The number of nitrogens with one attached hydrogen (secondary N) is 1. The van der Waals surface area contributed by atoms with Crippen LogP contribution in [0.1, 0.15) is 58.3 Å². The number of aromatic nitrogens is 2. The summed E-state index contributed by atoms with van der Waals surface area (Å²) < 4.78 is 0. The molecule has 2 aliphatic rings. The fraction of sp³-hybridized carbons (Fsp3) is 0.778. The smallest absolute Gasteiger partial charge is 0.151 e. The van der Waals surface area contributed by atoms with E-state index in [1.807, 2.05) is 6.07 Å². The second-order valence-corrected chi connectivity index (χ2v) is 7.04. The molecule has 4 nitrogen and oxygen atoms in total. The van der Waals surface area contributed by atoms with Crippen molar-refractivity contribution < 1.29 is 0 Å². The first-order chi connectivity index (χ1) is 10.8. The van der Waals surface area contributed by atoms with Crippen molar-refractivity contribution in [2.75, 3.05) is 18.0 Å². The highest BCUT2D eigenvalue weighted by atomic mass is 15.3. The highest BCUT2D eigenvalue weighted by Crippen LogP contribution is 2.28. The topological polar surface area (TPSA) is 41.0 Å². The molecule has 0 spiro atoms. The van der Waals surface area contributed by atoms with Gasteiger partial charge in [-0.15, -0.1) is 5.10 Å². The number of hydrogen-bond donors (Lipinski definition) is 1. The van der Waals surface area contributed by atoms with Gasteiger partial charge in [0.15, 0.2) is 5.82 Å². The predicted molar refractivity (Wildman–Crippen MR) is 91.1 cm³/mol. The van der Waals surface area contributed by atoms with Crippen molar-refractivity contribution in [3.8, 4) is 0 Å². The van der Waals surface area contributed by atoms with Crippen molar-refractivity contribution in [2.45, 2.75) is 70.4 Å². The van der Waals surface area contributed by atoms with Gasteiger partial charge in [0, 0.05) is 31.4 Å². The van der Waals surface area contributed by atoms with Crippen LogP contribution in [0.4, 0.5) is 5.82 Å². The molecule has 1 saturated carbocycles. The standard InChI is InChI=1S/C18H30N4/c1-2-5-15-8-10-16(11-9-15)20-17-6-4-13-22(14-17)18-7-3-12-19-21-18/h3,7,12,15-17,20H,2,4-6,8-11,13-14H2,1H3. The minimum absolute atomic E-state index is 0.614. The van der Waals surface area contributed by atoms with Gasteiger partial charge in [-0.2, -0.15) is 5.10 Å². The van der Waals surface area contributed by atoms with Crippen molar-refractivity contribution in [1.29, 1.82) is 0 Å². The van der Waals surface area contributed by atoms with E-state index < -0.39 is 0 Å². The Hall–Kier alpha value is -1.16. The molecular formula is C18H30N4. The molecule has 1 unspecified atom stereocenters. The maximum absolute atomic E-state index is 4.26. The van der Waals surface area contributed by atoms with Gasteiger partial charge in [-0.25, -0.2) is 0 Å². The number of anilines is 1. The van der Waals surface area contributed by atoms with Crippen LogP contribution >= 0.6 is 0 Å². The summed E-state index contributed by atoms with van der Waals surface area (Å²) in [4.78, 5) is 2.39. The lowest BCUT2D eigenvalue weighted by Gasteiger charge is -2.37. The summed E-state index contributed by atoms with van der Waals surface area (Å²) >= 11 is 0. The largest absolute Gasteiger partial charge is 0.354 e. The molecule has 1 saturated heterocycles. The van der Waals surface area contributed by atoms with E-state index in [2.05, 4.69) is 33.4 Å². The minimum Gasteiger partial charge on any atom is -0.354 e. The average molecular weight is 302 g/mol. The molecule has 1 atom stereocenters. The lowest BCUT2D eigenvalue weighted by Crippen LogP contribution is -2.50. The fourth-order valence-electron chi connectivity index (χ4n) is 4.14. The summed E-state index contributed by atoms with van der Waals surface area (Å²) in [6, 6.07) is 5.41. The van der Waals surface area contributed by atoms with E-state index in [4.69, 9.17) is 0 Å². The Balaban J connectivity index is 1.47. The van der Waals surface area contributed by atoms with Crippen LogP contribution in [-0.2, 0) is 0 Å². The van der Waals surface area contributed by atoms with E-state index >= 15 is 0 Å². The third-order valence-electron chi connectivity index (χ3n) is 5.32. The molecule has 22 heavy (non-hydrogen) atoms. The highest BCUT2D eigenvalue weighted by Gasteiger charge is 2.26. The van der Waals surface area contributed by atoms with Crippen LogP contribution in [0.2, 0.25) is 0 Å². The predicted octanol–water partition coefficient (Wildman–Crippen LogP) is 3.39. The van der Waals surface area contributed by atoms with Crippen LogP contribution in [0.3, 0.4) is 0 Å². The molecule has 1 aromatic heterocycles. The van der Waals surface area contributed by atoms with Crippen LogP contribution in [-0.4, -0.2) is 35.4 Å². The van der Waals surface area contributed by atoms with E-state index in [9.17, 15) is 0 Å². The maximum atomic E-state index is 4.26. The van der Waals surface area contributed by atoms with Crippen LogP contribution in [0.5, 0.6) is 0 Å². The van der Waals surface area contributed by atoms with Gasteiger partial charge in [0.1, 0.15) is 0 Å². The second-order valence-electron chi connectivity index (χ2n) is 7.04. The van der Waals surface area contributed by atoms with Crippen LogP contribution in [0, 0.1) is 5.92 Å². The zero-order valence-corrected chi connectivity index (χ0v) is 13.9. The molecule has 0 bridgehead atoms. The summed E-state index contributed by atoms with van der Waals surface area (Å²) in [5.41, 5.74) is 0. The van der Waals surface area contributed by atoms with Crippen molar-refractivity contribution in [3.63, 3.8) is 0 Å². The molecule has 1 N–H and O–H groups in total. The zero-order valence-electron chi connectivity index (χ0n) is 13.9. The molecule has 0 amide bonds. The van der Waals surface area contributed by atoms with Crippen molar-refractivity contribution in [2.24, 2.45) is 5.92 Å². The number of nitrogens with zero attached hydrogens (tertiary/aromatic N) is 3. The van der Waals surface area contributed by atoms with Gasteiger partial charge in [-0.1, -0.05) is 19.8 Å². The molecule has 0 radical (unpaired) electrons. The average Bonchev–Trinajstić information content (AvgIpc) is 2.58. The van der Waals surface area contributed by atoms with Crippen LogP contribution in [0.15, 0.2) is 18.3 Å². The molecule has 1 aliphatic carbocycles. The van der Waals surface area contributed by atoms with Crippen LogP contribution in [0.25, 0.3) is 0 Å². The SMILES string of the molecule is CCCC1CCC(NC2CCCN(c3cccnn3)C2)CC1. The molecule has 4 heteroatoms. The van der Waals surface area contributed by atoms with Crippen molar-refractivity contribution in [3.05, 3.63) is 18.3 Å². The molecule has 2 heterocycles. The molecule has 3 rings (SSSR count). The molecule has 1 aromatic rings. The van der Waals surface area contributed by atoms with E-state index in [0.29, 0.717) is 6.04 Å². The monoisotopic (exact) mass is 302 g/mol. The first-order valence-electron chi connectivity index (χ1n) is 9.14. The summed E-state index contributed by atoms with van der Waals surface area (Å²) in [5.74, 6) is 2.02. The lowest BCUT2D eigenvalue weighted by molar-refractivity contribution is 0.253. The van der Waals surface area contributed by atoms with Gasteiger partial charge in [0.25, 0.3) is 0 Å². The summed E-state index contributed by atoms with van der Waals surface area (Å²) in [5, 5.41) is 12.2. The Bertz CT molecular complexity index is 428. The van der Waals surface area contributed by atoms with Gasteiger partial charge >= 0.3 is 0 Å². The normalized spacial score (nSPS) is 29.5. The van der Waals surface area contributed by atoms with Crippen molar-refractivity contribution in [1.82, 2.24) is 15.5 Å². The second kappa shape index (κ2) is 7.91. The van der Waals surface area contributed by atoms with E-state index in [0.717, 1.165) is 30.9 Å². The Kier molecular flexibility index (Phi) is 5.65. The van der Waals surface area contributed by atoms with Crippen molar-refractivity contribution >= 4 is 5.82 Å². The number of piperidine rings is 1. The first kappa shape index (κ1) is 15.7. The zero-order chi connectivity index (χ0) is 15.2. The van der Waals surface area contributed by atoms with Gasteiger partial charge < -0.3 is 10.2 Å². The Morgan fingerprint density at radius 3 is 2.77 bits per heavy atom. The van der Waals surface area contributed by atoms with Gasteiger partial charge in [0.2, 0.25) is 0 Å². The third kappa shape index (κ3) is 4.19. The summed E-state index contributed by atoms with van der Waals surface area (Å²) in [7, 11) is 0. The van der Waals surface area contributed by atoms with Gasteiger partial charge in [-0.3, -0.25) is 0 Å².